The van der Waals surface area contributed by atoms with Crippen molar-refractivity contribution < 1.29 is 14.4 Å². The molecule has 0 saturated heterocycles. The van der Waals surface area contributed by atoms with Crippen LogP contribution >= 0.6 is 35.3 Å². The van der Waals surface area contributed by atoms with Crippen LogP contribution in [0.3, 0.4) is 0 Å². The molecule has 9 nitrogen and oxygen atoms in total. The van der Waals surface area contributed by atoms with E-state index in [0.717, 1.165) is 35.8 Å². The third-order valence-electron chi connectivity index (χ3n) is 6.72. The zero-order valence-corrected chi connectivity index (χ0v) is 23.6. The lowest BCUT2D eigenvalue weighted by Gasteiger charge is -2.37. The molecular weight excluding hydrogens is 535 g/mol. The number of rotatable bonds is 7. The Hall–Kier alpha value is -2.40. The second-order valence-corrected chi connectivity index (χ2v) is 11.3. The third-order valence-corrected chi connectivity index (χ3v) is 8.05. The summed E-state index contributed by atoms with van der Waals surface area (Å²) < 4.78 is 0. The molecule has 202 valence electrons. The van der Waals surface area contributed by atoms with Crippen molar-refractivity contribution in [2.75, 3.05) is 39.5 Å². The Labute approximate surface area is 232 Å². The number of nitrogens with one attached hydrogen (secondary N) is 3. The lowest BCUT2D eigenvalue weighted by Crippen LogP contribution is -2.56. The average Bonchev–Trinajstić information content (AvgIpc) is 3.27. The van der Waals surface area contributed by atoms with Crippen LogP contribution < -0.4 is 16.0 Å². The Kier molecular flexibility index (Phi) is 10.2. The number of aromatic nitrogens is 1. The van der Waals surface area contributed by atoms with E-state index in [1.54, 1.807) is 31.1 Å². The third kappa shape index (κ3) is 7.56. The highest BCUT2D eigenvalue weighted by Gasteiger charge is 2.37. The van der Waals surface area contributed by atoms with Gasteiger partial charge in [0.25, 0.3) is 5.91 Å². The summed E-state index contributed by atoms with van der Waals surface area (Å²) in [6.45, 7) is 1.81. The fourth-order valence-electron chi connectivity index (χ4n) is 4.75. The molecule has 3 amide bonds. The summed E-state index contributed by atoms with van der Waals surface area (Å²) in [6.07, 6.45) is 2.54. The van der Waals surface area contributed by atoms with E-state index in [1.165, 1.54) is 11.3 Å². The second kappa shape index (κ2) is 12.9. The Bertz CT molecular complexity index is 1110. The molecular formula is C25H34Cl2N6O3S. The van der Waals surface area contributed by atoms with Crippen LogP contribution in [0.2, 0.25) is 5.02 Å². The van der Waals surface area contributed by atoms with E-state index >= 15 is 0 Å². The quantitative estimate of drug-likeness (QED) is 0.474. The highest BCUT2D eigenvalue weighted by atomic mass is 35.5. The molecule has 1 fully saturated rings. The molecule has 2 heterocycles. The van der Waals surface area contributed by atoms with Crippen LogP contribution in [-0.2, 0) is 22.6 Å². The van der Waals surface area contributed by atoms with Gasteiger partial charge in [-0.05, 0) is 50.6 Å². The van der Waals surface area contributed by atoms with Gasteiger partial charge < -0.3 is 25.8 Å². The first-order valence-electron chi connectivity index (χ1n) is 12.2. The maximum absolute atomic E-state index is 13.2. The van der Waals surface area contributed by atoms with E-state index in [4.69, 9.17) is 11.6 Å². The Morgan fingerprint density at radius 3 is 2.57 bits per heavy atom. The van der Waals surface area contributed by atoms with Gasteiger partial charge in [0.2, 0.25) is 11.8 Å². The minimum atomic E-state index is -0.372. The van der Waals surface area contributed by atoms with Crippen molar-refractivity contribution in [1.82, 2.24) is 25.4 Å². The van der Waals surface area contributed by atoms with E-state index in [0.29, 0.717) is 29.3 Å². The van der Waals surface area contributed by atoms with Crippen molar-refractivity contribution in [3.63, 3.8) is 0 Å². The number of carbonyl (C=O) groups is 3. The zero-order chi connectivity index (χ0) is 25.8. The summed E-state index contributed by atoms with van der Waals surface area (Å²) >= 11 is 7.34. The first-order chi connectivity index (χ1) is 17.2. The highest BCUT2D eigenvalue weighted by Crippen LogP contribution is 2.28. The van der Waals surface area contributed by atoms with Gasteiger partial charge in [0.05, 0.1) is 18.3 Å². The largest absolute Gasteiger partial charge is 0.376 e. The first-order valence-corrected chi connectivity index (χ1v) is 13.4. The van der Waals surface area contributed by atoms with Gasteiger partial charge in [0.15, 0.2) is 5.01 Å². The summed E-state index contributed by atoms with van der Waals surface area (Å²) in [4.78, 5) is 48.1. The minimum absolute atomic E-state index is 0. The molecule has 0 unspecified atom stereocenters. The monoisotopic (exact) mass is 568 g/mol. The number of hydrogen-bond donors (Lipinski definition) is 3. The molecule has 1 saturated carbocycles. The number of halogens is 2. The van der Waals surface area contributed by atoms with Gasteiger partial charge in [-0.25, -0.2) is 4.98 Å². The summed E-state index contributed by atoms with van der Waals surface area (Å²) in [5, 5.41) is 10.3. The average molecular weight is 570 g/mol. The van der Waals surface area contributed by atoms with Crippen LogP contribution in [0.1, 0.15) is 39.6 Å². The van der Waals surface area contributed by atoms with Gasteiger partial charge in [-0.15, -0.1) is 23.7 Å². The normalized spacial score (nSPS) is 21.2. The van der Waals surface area contributed by atoms with E-state index in [1.807, 2.05) is 12.1 Å². The van der Waals surface area contributed by atoms with E-state index in [2.05, 4.69) is 32.9 Å². The molecule has 4 rings (SSSR count). The SMILES string of the molecule is CN1CCc2nc(C(=O)N[C@@H]3C[C@@H](C(=O)N(C)C)CC[C@@H]3NC(=O)CNc3ccc(Cl)cc3)sc2C1.Cl. The maximum atomic E-state index is 13.2. The smallest absolute Gasteiger partial charge is 0.280 e. The Morgan fingerprint density at radius 1 is 1.14 bits per heavy atom. The maximum Gasteiger partial charge on any atom is 0.280 e. The van der Waals surface area contributed by atoms with Crippen LogP contribution in [-0.4, -0.2) is 78.8 Å². The standard InChI is InChI=1S/C25H33ClN6O3S.ClH/c1-31(2)25(35)15-4-9-18(28-22(33)13-27-17-7-5-16(26)6-8-17)20(12-15)29-23(34)24-30-19-10-11-32(3)14-21(19)36-24;/h5-8,15,18,20,27H,4,9-14H2,1-3H3,(H,28,33)(H,29,34);1H/t15-,18-,20+;/m0./s1. The lowest BCUT2D eigenvalue weighted by molar-refractivity contribution is -0.134. The van der Waals surface area contributed by atoms with Crippen molar-refractivity contribution in [2.45, 2.75) is 44.3 Å². The molecule has 1 aromatic carbocycles. The fourth-order valence-corrected chi connectivity index (χ4v) is 5.97. The van der Waals surface area contributed by atoms with Crippen molar-refractivity contribution in [1.29, 1.82) is 0 Å². The van der Waals surface area contributed by atoms with Crippen LogP contribution in [0.4, 0.5) is 5.69 Å². The molecule has 3 atom stereocenters. The lowest BCUT2D eigenvalue weighted by atomic mass is 9.81. The number of amides is 3. The summed E-state index contributed by atoms with van der Waals surface area (Å²) in [6, 6.07) is 6.48. The van der Waals surface area contributed by atoms with Crippen molar-refractivity contribution in [3.8, 4) is 0 Å². The number of likely N-dealkylation sites (N-methyl/N-ethyl adjacent to an activating group) is 1. The summed E-state index contributed by atoms with van der Waals surface area (Å²) in [7, 11) is 5.54. The van der Waals surface area contributed by atoms with E-state index < -0.39 is 0 Å². The Balaban J connectivity index is 0.00000380. The van der Waals surface area contributed by atoms with Crippen LogP contribution in [0.5, 0.6) is 0 Å². The number of hydrogen-bond acceptors (Lipinski definition) is 7. The molecule has 1 aliphatic carbocycles. The second-order valence-electron chi connectivity index (χ2n) is 9.73. The molecule has 1 aromatic heterocycles. The van der Waals surface area contributed by atoms with Gasteiger partial charge in [-0.2, -0.15) is 0 Å². The summed E-state index contributed by atoms with van der Waals surface area (Å²) in [5.74, 6) is -0.599. The van der Waals surface area contributed by atoms with Gasteiger partial charge >= 0.3 is 0 Å². The zero-order valence-electron chi connectivity index (χ0n) is 21.3. The number of benzene rings is 1. The van der Waals surface area contributed by atoms with Crippen molar-refractivity contribution >= 4 is 58.8 Å². The molecule has 2 aromatic rings. The van der Waals surface area contributed by atoms with E-state index in [9.17, 15) is 14.4 Å². The van der Waals surface area contributed by atoms with Gasteiger partial charge in [-0.3, -0.25) is 14.4 Å². The first kappa shape index (κ1) is 29.2. The van der Waals surface area contributed by atoms with Crippen LogP contribution in [0, 0.1) is 5.92 Å². The predicted molar refractivity (Wildman–Crippen MR) is 149 cm³/mol. The molecule has 2 aliphatic rings. The van der Waals surface area contributed by atoms with Crippen LogP contribution in [0.15, 0.2) is 24.3 Å². The van der Waals surface area contributed by atoms with E-state index in [-0.39, 0.29) is 54.7 Å². The van der Waals surface area contributed by atoms with Crippen LogP contribution in [0.25, 0.3) is 0 Å². The molecule has 0 spiro atoms. The molecule has 37 heavy (non-hydrogen) atoms. The molecule has 1 aliphatic heterocycles. The molecule has 12 heteroatoms. The van der Waals surface area contributed by atoms with Crippen molar-refractivity contribution in [3.05, 3.63) is 44.9 Å². The van der Waals surface area contributed by atoms with Gasteiger partial charge in [-0.1, -0.05) is 11.6 Å². The highest BCUT2D eigenvalue weighted by molar-refractivity contribution is 7.13. The number of nitrogens with zero attached hydrogens (tertiary/aromatic N) is 3. The summed E-state index contributed by atoms with van der Waals surface area (Å²) in [5.41, 5.74) is 1.78. The minimum Gasteiger partial charge on any atom is -0.376 e. The number of fused-ring (bicyclic) bond motifs is 1. The number of carbonyl (C=O) groups excluding carboxylic acids is 3. The van der Waals surface area contributed by atoms with Gasteiger partial charge in [0, 0.05) is 61.2 Å². The molecule has 3 N–H and O–H groups in total. The fraction of sp³-hybridized carbons (Fsp3) is 0.520. The number of anilines is 1. The molecule has 0 radical (unpaired) electrons. The number of thiazole rings is 1. The Morgan fingerprint density at radius 2 is 1.86 bits per heavy atom. The predicted octanol–water partition coefficient (Wildman–Crippen LogP) is 2.79. The topological polar surface area (TPSA) is 107 Å². The van der Waals surface area contributed by atoms with Gasteiger partial charge in [0.1, 0.15) is 0 Å². The molecule has 0 bridgehead atoms. The van der Waals surface area contributed by atoms with Crippen molar-refractivity contribution in [2.24, 2.45) is 5.92 Å².